The van der Waals surface area contributed by atoms with E-state index in [4.69, 9.17) is 5.26 Å². The van der Waals surface area contributed by atoms with Gasteiger partial charge in [-0.2, -0.15) is 10.4 Å². The summed E-state index contributed by atoms with van der Waals surface area (Å²) in [4.78, 5) is 25.6. The van der Waals surface area contributed by atoms with E-state index >= 15 is 0 Å². The smallest absolute Gasteiger partial charge is 0.267 e. The molecule has 2 heterocycles. The van der Waals surface area contributed by atoms with Gasteiger partial charge in [0.25, 0.3) is 11.8 Å². The Hall–Kier alpha value is -2.94. The molecule has 3 rings (SSSR count). The highest BCUT2D eigenvalue weighted by atomic mass is 16.2. The van der Waals surface area contributed by atoms with E-state index in [0.29, 0.717) is 11.1 Å². The maximum atomic E-state index is 12.3. The highest BCUT2D eigenvalue weighted by Crippen LogP contribution is 2.29. The molecule has 1 aliphatic heterocycles. The van der Waals surface area contributed by atoms with Gasteiger partial charge in [-0.1, -0.05) is 12.1 Å². The third-order valence-electron chi connectivity index (χ3n) is 3.03. The quantitative estimate of drug-likeness (QED) is 0.712. The molecule has 0 fully saturated rings. The Labute approximate surface area is 108 Å². The number of fused-ring (bicyclic) bond motifs is 1. The van der Waals surface area contributed by atoms with E-state index in [0.717, 1.165) is 4.90 Å². The minimum absolute atomic E-state index is 0.192. The van der Waals surface area contributed by atoms with Crippen LogP contribution < -0.4 is 4.90 Å². The average Bonchev–Trinajstić information content (AvgIpc) is 2.90. The van der Waals surface area contributed by atoms with Gasteiger partial charge in [-0.05, 0) is 12.1 Å². The first-order valence-electron chi connectivity index (χ1n) is 5.55. The molecule has 92 valence electrons. The fourth-order valence-electron chi connectivity index (χ4n) is 2.16. The van der Waals surface area contributed by atoms with Crippen LogP contribution in [0.1, 0.15) is 26.3 Å². The maximum absolute atomic E-state index is 12.3. The molecule has 0 saturated heterocycles. The number of aryl methyl sites for hydroxylation is 1. The number of aromatic nitrogens is 2. The zero-order valence-corrected chi connectivity index (χ0v) is 9.99. The first-order chi connectivity index (χ1) is 9.15. The van der Waals surface area contributed by atoms with Gasteiger partial charge in [-0.3, -0.25) is 14.3 Å². The minimum atomic E-state index is -0.430. The number of amides is 2. The Bertz CT molecular complexity index is 719. The van der Waals surface area contributed by atoms with E-state index in [1.54, 1.807) is 31.3 Å². The minimum Gasteiger partial charge on any atom is -0.268 e. The van der Waals surface area contributed by atoms with Crippen molar-refractivity contribution in [1.29, 1.82) is 5.26 Å². The molecule has 0 radical (unpaired) electrons. The third kappa shape index (κ3) is 1.39. The van der Waals surface area contributed by atoms with E-state index < -0.39 is 11.8 Å². The van der Waals surface area contributed by atoms with Crippen LogP contribution in [0.3, 0.4) is 0 Å². The van der Waals surface area contributed by atoms with Crippen molar-refractivity contribution < 1.29 is 9.59 Å². The number of nitriles is 1. The van der Waals surface area contributed by atoms with Gasteiger partial charge in [0.1, 0.15) is 11.6 Å². The summed E-state index contributed by atoms with van der Waals surface area (Å²) in [6.07, 6.45) is 1.33. The molecule has 6 nitrogen and oxygen atoms in total. The van der Waals surface area contributed by atoms with Gasteiger partial charge in [0.15, 0.2) is 5.82 Å². The first kappa shape index (κ1) is 11.2. The molecule has 0 bridgehead atoms. The summed E-state index contributed by atoms with van der Waals surface area (Å²) in [6, 6.07) is 8.51. The molecule has 0 unspecified atom stereocenters. The van der Waals surface area contributed by atoms with Crippen LogP contribution in [0.4, 0.5) is 5.82 Å². The molecule has 6 heteroatoms. The van der Waals surface area contributed by atoms with Gasteiger partial charge in [-0.15, -0.1) is 0 Å². The van der Waals surface area contributed by atoms with Crippen LogP contribution in [0.15, 0.2) is 30.5 Å². The van der Waals surface area contributed by atoms with E-state index in [2.05, 4.69) is 5.10 Å². The Morgan fingerprint density at radius 3 is 2.26 bits per heavy atom. The summed E-state index contributed by atoms with van der Waals surface area (Å²) in [7, 11) is 1.58. The molecule has 0 aliphatic carbocycles. The second-order valence-corrected chi connectivity index (χ2v) is 4.11. The number of carbonyl (C=O) groups excluding carboxylic acids is 2. The van der Waals surface area contributed by atoms with Gasteiger partial charge in [0, 0.05) is 7.05 Å². The lowest BCUT2D eigenvalue weighted by Crippen LogP contribution is -2.31. The molecule has 1 aliphatic rings. The molecule has 1 aromatic carbocycles. The van der Waals surface area contributed by atoms with Crippen molar-refractivity contribution in [2.75, 3.05) is 4.90 Å². The van der Waals surface area contributed by atoms with Crippen LogP contribution in [-0.4, -0.2) is 21.6 Å². The number of hydrogen-bond acceptors (Lipinski definition) is 4. The molecule has 0 atom stereocenters. The summed E-state index contributed by atoms with van der Waals surface area (Å²) in [6.45, 7) is 0. The lowest BCUT2D eigenvalue weighted by atomic mass is 10.1. The Balaban J connectivity index is 2.20. The van der Waals surface area contributed by atoms with Crippen LogP contribution in [0.5, 0.6) is 0 Å². The third-order valence-corrected chi connectivity index (χ3v) is 3.03. The zero-order valence-electron chi connectivity index (χ0n) is 9.99. The molecule has 1 aromatic heterocycles. The topological polar surface area (TPSA) is 79.0 Å². The van der Waals surface area contributed by atoms with Gasteiger partial charge < -0.3 is 0 Å². The van der Waals surface area contributed by atoms with E-state index in [1.165, 1.54) is 10.9 Å². The van der Waals surface area contributed by atoms with Crippen molar-refractivity contribution >= 4 is 17.6 Å². The number of nitrogens with zero attached hydrogens (tertiary/aromatic N) is 4. The Morgan fingerprint density at radius 2 is 1.74 bits per heavy atom. The molecule has 2 amide bonds. The molecule has 0 spiro atoms. The molecular formula is C13H8N4O2. The highest BCUT2D eigenvalue weighted by Gasteiger charge is 2.39. The predicted octanol–water partition coefficient (Wildman–Crippen LogP) is 1.09. The van der Waals surface area contributed by atoms with Crippen molar-refractivity contribution in [2.45, 2.75) is 0 Å². The average molecular weight is 252 g/mol. The van der Waals surface area contributed by atoms with Crippen molar-refractivity contribution in [2.24, 2.45) is 7.05 Å². The van der Waals surface area contributed by atoms with Gasteiger partial charge in [-0.25, -0.2) is 4.90 Å². The van der Waals surface area contributed by atoms with Gasteiger partial charge >= 0.3 is 0 Å². The van der Waals surface area contributed by atoms with Crippen LogP contribution >= 0.6 is 0 Å². The summed E-state index contributed by atoms with van der Waals surface area (Å²) in [5.41, 5.74) is 0.882. The Kier molecular flexibility index (Phi) is 2.22. The fourth-order valence-corrected chi connectivity index (χ4v) is 2.16. The fraction of sp³-hybridized carbons (Fsp3) is 0.0769. The second-order valence-electron chi connectivity index (χ2n) is 4.11. The number of hydrogen-bond donors (Lipinski definition) is 0. The standard InChI is InChI=1S/C13H8N4O2/c1-16-11(8(6-14)7-15-16)17-12(18)9-4-2-3-5-10(9)13(17)19/h2-5,7H,1H3. The normalized spacial score (nSPS) is 13.6. The molecule has 19 heavy (non-hydrogen) atoms. The molecule has 2 aromatic rings. The first-order valence-corrected chi connectivity index (χ1v) is 5.55. The van der Waals surface area contributed by atoms with Crippen LogP contribution in [-0.2, 0) is 7.05 Å². The number of benzene rings is 1. The van der Waals surface area contributed by atoms with E-state index in [-0.39, 0.29) is 11.4 Å². The maximum Gasteiger partial charge on any atom is 0.267 e. The summed E-state index contributed by atoms with van der Waals surface area (Å²) < 4.78 is 1.35. The van der Waals surface area contributed by atoms with Crippen molar-refractivity contribution in [3.8, 4) is 6.07 Å². The van der Waals surface area contributed by atoms with Crippen molar-refractivity contribution in [3.05, 3.63) is 47.2 Å². The SMILES string of the molecule is Cn1ncc(C#N)c1N1C(=O)c2ccccc2C1=O. The number of rotatable bonds is 1. The van der Waals surface area contributed by atoms with Gasteiger partial charge in [0.2, 0.25) is 0 Å². The summed E-state index contributed by atoms with van der Waals surface area (Å²) in [5, 5.41) is 12.9. The number of anilines is 1. The lowest BCUT2D eigenvalue weighted by molar-refractivity contribution is 0.0923. The molecular weight excluding hydrogens is 244 g/mol. The largest absolute Gasteiger partial charge is 0.268 e. The van der Waals surface area contributed by atoms with Crippen LogP contribution in [0.2, 0.25) is 0 Å². The van der Waals surface area contributed by atoms with E-state index in [9.17, 15) is 9.59 Å². The van der Waals surface area contributed by atoms with Gasteiger partial charge in [0.05, 0.1) is 17.3 Å². The number of carbonyl (C=O) groups is 2. The molecule has 0 saturated carbocycles. The number of imide groups is 1. The van der Waals surface area contributed by atoms with Crippen LogP contribution in [0.25, 0.3) is 0 Å². The van der Waals surface area contributed by atoms with Crippen molar-refractivity contribution in [3.63, 3.8) is 0 Å². The molecule has 0 N–H and O–H groups in total. The Morgan fingerprint density at radius 1 is 1.16 bits per heavy atom. The zero-order chi connectivity index (χ0) is 13.6. The predicted molar refractivity (Wildman–Crippen MR) is 65.5 cm³/mol. The van der Waals surface area contributed by atoms with E-state index in [1.807, 2.05) is 6.07 Å². The van der Waals surface area contributed by atoms with Crippen LogP contribution in [0, 0.1) is 11.3 Å². The lowest BCUT2D eigenvalue weighted by Gasteiger charge is -2.13. The second kappa shape index (κ2) is 3.78. The van der Waals surface area contributed by atoms with Crippen molar-refractivity contribution in [1.82, 2.24) is 9.78 Å². The summed E-state index contributed by atoms with van der Waals surface area (Å²) >= 11 is 0. The summed E-state index contributed by atoms with van der Waals surface area (Å²) in [5.74, 6) is -0.657. The monoisotopic (exact) mass is 252 g/mol. The highest BCUT2D eigenvalue weighted by molar-refractivity contribution is 6.34.